The lowest BCUT2D eigenvalue weighted by molar-refractivity contribution is -0.0498. The minimum absolute atomic E-state index is 0.0318. The number of pyridine rings is 1. The van der Waals surface area contributed by atoms with Gasteiger partial charge in [0, 0.05) is 17.5 Å². The van der Waals surface area contributed by atoms with E-state index in [4.69, 9.17) is 0 Å². The number of ketones is 1. The molecule has 1 aromatic carbocycles. The smallest absolute Gasteiger partial charge is 0.387 e. The second-order valence-corrected chi connectivity index (χ2v) is 3.82. The van der Waals surface area contributed by atoms with Crippen LogP contribution in [0.3, 0.4) is 0 Å². The molecule has 98 valence electrons. The molecule has 0 aliphatic heterocycles. The fourth-order valence-corrected chi connectivity index (χ4v) is 1.59. The molecular weight excluding hydrogens is 252 g/mol. The predicted octanol–water partition coefficient (Wildman–Crippen LogP) is 3.11. The molecule has 19 heavy (non-hydrogen) atoms. The van der Waals surface area contributed by atoms with Crippen molar-refractivity contribution >= 4 is 5.78 Å². The zero-order valence-electron chi connectivity index (χ0n) is 9.92. The van der Waals surface area contributed by atoms with E-state index < -0.39 is 6.61 Å². The van der Waals surface area contributed by atoms with Crippen molar-refractivity contribution in [3.63, 3.8) is 0 Å². The molecule has 0 N–H and O–H groups in total. The van der Waals surface area contributed by atoms with Crippen LogP contribution in [0.15, 0.2) is 48.7 Å². The van der Waals surface area contributed by atoms with E-state index >= 15 is 0 Å². The summed E-state index contributed by atoms with van der Waals surface area (Å²) in [6.45, 7) is -2.87. The number of carbonyl (C=O) groups is 1. The second-order valence-electron chi connectivity index (χ2n) is 3.82. The number of aromatic nitrogens is 1. The van der Waals surface area contributed by atoms with Crippen molar-refractivity contribution in [2.45, 2.75) is 13.0 Å². The van der Waals surface area contributed by atoms with E-state index in [1.54, 1.807) is 24.4 Å². The van der Waals surface area contributed by atoms with E-state index in [1.165, 1.54) is 24.3 Å². The summed E-state index contributed by atoms with van der Waals surface area (Å²) in [5, 5.41) is 0. The molecule has 0 saturated carbocycles. The Kier molecular flexibility index (Phi) is 4.18. The monoisotopic (exact) mass is 263 g/mol. The van der Waals surface area contributed by atoms with Crippen LogP contribution in [0.1, 0.15) is 16.1 Å². The highest BCUT2D eigenvalue weighted by Gasteiger charge is 2.09. The molecule has 0 amide bonds. The highest BCUT2D eigenvalue weighted by molar-refractivity contribution is 5.97. The van der Waals surface area contributed by atoms with Gasteiger partial charge in [0.05, 0.1) is 6.42 Å². The number of hydrogen-bond donors (Lipinski definition) is 0. The third kappa shape index (κ3) is 3.84. The molecule has 0 saturated heterocycles. The summed E-state index contributed by atoms with van der Waals surface area (Å²) in [5.74, 6) is -0.0910. The molecule has 2 aromatic rings. The number of halogens is 2. The normalized spacial score (nSPS) is 10.5. The zero-order chi connectivity index (χ0) is 13.7. The topological polar surface area (TPSA) is 39.2 Å². The van der Waals surface area contributed by atoms with Gasteiger partial charge in [0.2, 0.25) is 0 Å². The zero-order valence-corrected chi connectivity index (χ0v) is 9.92. The van der Waals surface area contributed by atoms with Gasteiger partial charge in [0.25, 0.3) is 0 Å². The SMILES string of the molecule is O=C(Cc1ccccn1)c1ccc(OC(F)F)cc1. The van der Waals surface area contributed by atoms with Gasteiger partial charge < -0.3 is 4.74 Å². The summed E-state index contributed by atoms with van der Waals surface area (Å²) in [6.07, 6.45) is 1.79. The third-order valence-corrected chi connectivity index (χ3v) is 2.47. The van der Waals surface area contributed by atoms with E-state index in [-0.39, 0.29) is 18.0 Å². The Balaban J connectivity index is 2.04. The van der Waals surface area contributed by atoms with Crippen LogP contribution in [0, 0.1) is 0 Å². The molecule has 2 rings (SSSR count). The first-order chi connectivity index (χ1) is 9.15. The van der Waals surface area contributed by atoms with Gasteiger partial charge in [-0.3, -0.25) is 9.78 Å². The van der Waals surface area contributed by atoms with Gasteiger partial charge in [-0.25, -0.2) is 0 Å². The Labute approximate surface area is 108 Å². The van der Waals surface area contributed by atoms with Gasteiger partial charge in [0.1, 0.15) is 5.75 Å². The van der Waals surface area contributed by atoms with Crippen molar-refractivity contribution in [1.82, 2.24) is 4.98 Å². The molecular formula is C14H11F2NO2. The highest BCUT2D eigenvalue weighted by atomic mass is 19.3. The van der Waals surface area contributed by atoms with Crippen LogP contribution < -0.4 is 4.74 Å². The van der Waals surface area contributed by atoms with Crippen LogP contribution in [-0.2, 0) is 6.42 Å². The fraction of sp³-hybridized carbons (Fsp3) is 0.143. The molecule has 0 atom stereocenters. The molecule has 3 nitrogen and oxygen atoms in total. The predicted molar refractivity (Wildman–Crippen MR) is 65.3 cm³/mol. The summed E-state index contributed by atoms with van der Waals surface area (Å²) >= 11 is 0. The molecule has 0 aliphatic rings. The number of hydrogen-bond acceptors (Lipinski definition) is 3. The Bertz CT molecular complexity index is 541. The maximum Gasteiger partial charge on any atom is 0.387 e. The van der Waals surface area contributed by atoms with Crippen LogP contribution in [-0.4, -0.2) is 17.4 Å². The van der Waals surface area contributed by atoms with Crippen LogP contribution in [0.5, 0.6) is 5.75 Å². The minimum atomic E-state index is -2.87. The summed E-state index contributed by atoms with van der Waals surface area (Å²) in [7, 11) is 0. The molecule has 1 heterocycles. The largest absolute Gasteiger partial charge is 0.435 e. The van der Waals surface area contributed by atoms with Crippen molar-refractivity contribution in [3.05, 3.63) is 59.9 Å². The number of carbonyl (C=O) groups excluding carboxylic acids is 1. The van der Waals surface area contributed by atoms with E-state index in [0.29, 0.717) is 11.3 Å². The number of alkyl halides is 2. The highest BCUT2D eigenvalue weighted by Crippen LogP contribution is 2.16. The third-order valence-electron chi connectivity index (χ3n) is 2.47. The van der Waals surface area contributed by atoms with Crippen LogP contribution in [0.25, 0.3) is 0 Å². The number of ether oxygens (including phenoxy) is 1. The van der Waals surface area contributed by atoms with Gasteiger partial charge in [0.15, 0.2) is 5.78 Å². The van der Waals surface area contributed by atoms with Crippen molar-refractivity contribution in [1.29, 1.82) is 0 Å². The van der Waals surface area contributed by atoms with Crippen LogP contribution in [0.4, 0.5) is 8.78 Å². The maximum atomic E-state index is 12.0. The molecule has 0 bridgehead atoms. The molecule has 0 fully saturated rings. The number of nitrogens with zero attached hydrogens (tertiary/aromatic N) is 1. The summed E-state index contributed by atoms with van der Waals surface area (Å²) < 4.78 is 28.1. The van der Waals surface area contributed by atoms with Crippen molar-refractivity contribution < 1.29 is 18.3 Å². The quantitative estimate of drug-likeness (QED) is 0.778. The lowest BCUT2D eigenvalue weighted by Gasteiger charge is -2.05. The summed E-state index contributed by atoms with van der Waals surface area (Å²) in [6, 6.07) is 10.9. The first-order valence-electron chi connectivity index (χ1n) is 5.63. The lowest BCUT2D eigenvalue weighted by Crippen LogP contribution is -2.06. The number of rotatable bonds is 5. The molecule has 1 aromatic heterocycles. The Morgan fingerprint density at radius 2 is 1.89 bits per heavy atom. The van der Waals surface area contributed by atoms with E-state index in [0.717, 1.165) is 0 Å². The van der Waals surface area contributed by atoms with Gasteiger partial charge in [-0.05, 0) is 36.4 Å². The Morgan fingerprint density at radius 3 is 2.47 bits per heavy atom. The Hall–Kier alpha value is -2.30. The summed E-state index contributed by atoms with van der Waals surface area (Å²) in [4.78, 5) is 16.0. The van der Waals surface area contributed by atoms with Gasteiger partial charge in [-0.15, -0.1) is 0 Å². The molecule has 0 spiro atoms. The van der Waals surface area contributed by atoms with E-state index in [2.05, 4.69) is 9.72 Å². The van der Waals surface area contributed by atoms with Crippen molar-refractivity contribution in [3.8, 4) is 5.75 Å². The molecule has 0 radical (unpaired) electrons. The molecule has 5 heteroatoms. The maximum absolute atomic E-state index is 12.0. The van der Waals surface area contributed by atoms with E-state index in [9.17, 15) is 13.6 Å². The fourth-order valence-electron chi connectivity index (χ4n) is 1.59. The van der Waals surface area contributed by atoms with Crippen LogP contribution >= 0.6 is 0 Å². The minimum Gasteiger partial charge on any atom is -0.435 e. The molecule has 0 unspecified atom stereocenters. The lowest BCUT2D eigenvalue weighted by atomic mass is 10.1. The second kappa shape index (κ2) is 6.04. The standard InChI is InChI=1S/C14H11F2NO2/c15-14(16)19-12-6-4-10(5-7-12)13(18)9-11-3-1-2-8-17-11/h1-8,14H,9H2. The van der Waals surface area contributed by atoms with Crippen molar-refractivity contribution in [2.24, 2.45) is 0 Å². The van der Waals surface area contributed by atoms with Gasteiger partial charge in [-0.2, -0.15) is 8.78 Å². The number of benzene rings is 1. The average Bonchev–Trinajstić information content (AvgIpc) is 2.40. The molecule has 0 aliphatic carbocycles. The van der Waals surface area contributed by atoms with Crippen LogP contribution in [0.2, 0.25) is 0 Å². The van der Waals surface area contributed by atoms with Gasteiger partial charge >= 0.3 is 6.61 Å². The number of Topliss-reactive ketones (excluding diaryl/α,β-unsaturated/α-hetero) is 1. The first kappa shape index (κ1) is 13.1. The van der Waals surface area contributed by atoms with Crippen molar-refractivity contribution in [2.75, 3.05) is 0 Å². The first-order valence-corrected chi connectivity index (χ1v) is 5.63. The van der Waals surface area contributed by atoms with Gasteiger partial charge in [-0.1, -0.05) is 6.07 Å². The van der Waals surface area contributed by atoms with E-state index in [1.807, 2.05) is 0 Å². The average molecular weight is 263 g/mol. The summed E-state index contributed by atoms with van der Waals surface area (Å²) in [5.41, 5.74) is 1.10. The Morgan fingerprint density at radius 1 is 1.16 bits per heavy atom.